The van der Waals surface area contributed by atoms with Gasteiger partial charge in [0.15, 0.2) is 10.3 Å². The number of carbonyl (C=O) groups is 1. The maximum absolute atomic E-state index is 12.8. The van der Waals surface area contributed by atoms with Crippen LogP contribution in [0.4, 0.5) is 11.1 Å². The summed E-state index contributed by atoms with van der Waals surface area (Å²) in [6, 6.07) is 10.5. The van der Waals surface area contributed by atoms with E-state index >= 15 is 0 Å². The Balaban J connectivity index is 1.26. The molecule has 1 atom stereocenters. The molecule has 1 aliphatic carbocycles. The number of thiazole rings is 1. The van der Waals surface area contributed by atoms with Crippen molar-refractivity contribution in [3.05, 3.63) is 35.7 Å². The van der Waals surface area contributed by atoms with Crippen LogP contribution >= 0.6 is 23.1 Å². The Kier molecular flexibility index (Phi) is 5.47. The predicted molar refractivity (Wildman–Crippen MR) is 121 cm³/mol. The number of benzene rings is 1. The van der Waals surface area contributed by atoms with Crippen LogP contribution in [0.15, 0.2) is 40.9 Å². The van der Waals surface area contributed by atoms with Gasteiger partial charge >= 0.3 is 0 Å². The van der Waals surface area contributed by atoms with Gasteiger partial charge in [0.05, 0.1) is 10.9 Å². The zero-order valence-electron chi connectivity index (χ0n) is 16.8. The van der Waals surface area contributed by atoms with Crippen LogP contribution in [0.2, 0.25) is 0 Å². The van der Waals surface area contributed by atoms with E-state index in [4.69, 9.17) is 0 Å². The average molecular weight is 441 g/mol. The van der Waals surface area contributed by atoms with E-state index in [1.54, 1.807) is 0 Å². The molecule has 5 rings (SSSR count). The molecular formula is C21H24N6OS2. The molecule has 0 spiro atoms. The van der Waals surface area contributed by atoms with Crippen molar-refractivity contribution in [3.63, 3.8) is 0 Å². The molecule has 1 aliphatic heterocycles. The number of aromatic nitrogens is 4. The van der Waals surface area contributed by atoms with E-state index in [-0.39, 0.29) is 11.2 Å². The highest BCUT2D eigenvalue weighted by Crippen LogP contribution is 2.42. The van der Waals surface area contributed by atoms with E-state index in [1.165, 1.54) is 35.9 Å². The van der Waals surface area contributed by atoms with E-state index in [0.717, 1.165) is 48.3 Å². The Morgan fingerprint density at radius 1 is 1.20 bits per heavy atom. The first kappa shape index (κ1) is 19.6. The number of hydrogen-bond acceptors (Lipinski definition) is 7. The summed E-state index contributed by atoms with van der Waals surface area (Å²) < 4.78 is 2.25. The molecule has 1 N–H and O–H groups in total. The minimum absolute atomic E-state index is 0.0676. The van der Waals surface area contributed by atoms with Crippen LogP contribution < -0.4 is 10.2 Å². The van der Waals surface area contributed by atoms with Gasteiger partial charge < -0.3 is 10.2 Å². The third-order valence-corrected chi connectivity index (χ3v) is 7.22. The van der Waals surface area contributed by atoms with E-state index in [1.807, 2.05) is 42.6 Å². The second kappa shape index (κ2) is 8.39. The monoisotopic (exact) mass is 440 g/mol. The maximum atomic E-state index is 12.8. The van der Waals surface area contributed by atoms with E-state index < -0.39 is 0 Å². The van der Waals surface area contributed by atoms with Gasteiger partial charge in [-0.2, -0.15) is 0 Å². The minimum atomic E-state index is -0.290. The maximum Gasteiger partial charge on any atom is 0.239 e. The molecule has 3 aromatic rings. The fourth-order valence-electron chi connectivity index (χ4n) is 3.63. The van der Waals surface area contributed by atoms with Crippen molar-refractivity contribution in [2.45, 2.75) is 49.1 Å². The van der Waals surface area contributed by atoms with Gasteiger partial charge in [-0.25, -0.2) is 4.98 Å². The fourth-order valence-corrected chi connectivity index (χ4v) is 5.26. The lowest BCUT2D eigenvalue weighted by atomic mass is 10.2. The SMILES string of the molecule is CC(Sc1nnc(N2CCCC2)n1C1CC1)C(=O)Nc1nc(-c2ccccc2)cs1. The Bertz CT molecular complexity index is 1020. The summed E-state index contributed by atoms with van der Waals surface area (Å²) >= 11 is 2.92. The standard InChI is InChI=1S/C21H24N6OS2/c1-14(18(28)23-19-22-17(13-29-19)15-7-3-2-4-8-15)30-21-25-24-20(26-11-5-6-12-26)27(21)16-9-10-16/h2-4,7-8,13-14,16H,5-6,9-12H2,1H3,(H,22,23,28). The van der Waals surface area contributed by atoms with Gasteiger partial charge in [-0.15, -0.1) is 21.5 Å². The number of nitrogens with one attached hydrogen (secondary N) is 1. The van der Waals surface area contributed by atoms with Gasteiger partial charge in [-0.3, -0.25) is 9.36 Å². The highest BCUT2D eigenvalue weighted by Gasteiger charge is 2.33. The quantitative estimate of drug-likeness (QED) is 0.547. The number of thioether (sulfide) groups is 1. The highest BCUT2D eigenvalue weighted by molar-refractivity contribution is 8.00. The van der Waals surface area contributed by atoms with Gasteiger partial charge in [0.25, 0.3) is 0 Å². The summed E-state index contributed by atoms with van der Waals surface area (Å²) in [6.07, 6.45) is 4.73. The lowest BCUT2D eigenvalue weighted by Gasteiger charge is -2.18. The molecule has 9 heteroatoms. The first-order valence-electron chi connectivity index (χ1n) is 10.4. The topological polar surface area (TPSA) is 75.9 Å². The number of nitrogens with zero attached hydrogens (tertiary/aromatic N) is 5. The molecule has 2 aromatic heterocycles. The zero-order valence-corrected chi connectivity index (χ0v) is 18.5. The molecule has 30 heavy (non-hydrogen) atoms. The number of hydrogen-bond donors (Lipinski definition) is 1. The summed E-state index contributed by atoms with van der Waals surface area (Å²) in [5, 5.41) is 15.0. The van der Waals surface area contributed by atoms with Gasteiger partial charge in [0.2, 0.25) is 11.9 Å². The molecule has 1 aromatic carbocycles. The second-order valence-electron chi connectivity index (χ2n) is 7.73. The Morgan fingerprint density at radius 2 is 1.97 bits per heavy atom. The smallest absolute Gasteiger partial charge is 0.239 e. The fraction of sp³-hybridized carbons (Fsp3) is 0.429. The third kappa shape index (κ3) is 4.09. The Hall–Kier alpha value is -2.39. The van der Waals surface area contributed by atoms with Crippen LogP contribution in [0.1, 0.15) is 38.6 Å². The lowest BCUT2D eigenvalue weighted by molar-refractivity contribution is -0.115. The molecule has 1 unspecified atom stereocenters. The molecule has 7 nitrogen and oxygen atoms in total. The third-order valence-electron chi connectivity index (χ3n) is 5.40. The van der Waals surface area contributed by atoms with Crippen LogP contribution in [0.3, 0.4) is 0 Å². The van der Waals surface area contributed by atoms with Crippen molar-refractivity contribution in [3.8, 4) is 11.3 Å². The summed E-state index contributed by atoms with van der Waals surface area (Å²) in [6.45, 7) is 3.99. The number of rotatable bonds is 7. The molecule has 2 fully saturated rings. The number of anilines is 2. The summed E-state index contributed by atoms with van der Waals surface area (Å²) in [5.74, 6) is 0.902. The summed E-state index contributed by atoms with van der Waals surface area (Å²) in [4.78, 5) is 19.7. The number of amides is 1. The first-order valence-corrected chi connectivity index (χ1v) is 12.1. The molecule has 156 valence electrons. The molecule has 1 saturated carbocycles. The van der Waals surface area contributed by atoms with Crippen LogP contribution in [0, 0.1) is 0 Å². The Labute approximate surface area is 183 Å². The van der Waals surface area contributed by atoms with Crippen LogP contribution in [-0.2, 0) is 4.79 Å². The second-order valence-corrected chi connectivity index (χ2v) is 9.90. The molecule has 1 amide bonds. The highest BCUT2D eigenvalue weighted by atomic mass is 32.2. The van der Waals surface area contributed by atoms with Crippen molar-refractivity contribution in [1.82, 2.24) is 19.7 Å². The van der Waals surface area contributed by atoms with Gasteiger partial charge in [-0.1, -0.05) is 42.1 Å². The first-order chi connectivity index (χ1) is 14.7. The normalized spacial score (nSPS) is 17.3. The van der Waals surface area contributed by atoms with Crippen LogP contribution in [0.25, 0.3) is 11.3 Å². The van der Waals surface area contributed by atoms with Crippen molar-refractivity contribution < 1.29 is 4.79 Å². The van der Waals surface area contributed by atoms with Crippen LogP contribution in [-0.4, -0.2) is 44.0 Å². The van der Waals surface area contributed by atoms with Gasteiger partial charge in [0, 0.05) is 30.1 Å². The molecular weight excluding hydrogens is 416 g/mol. The molecule has 2 aliphatic rings. The molecule has 0 bridgehead atoms. The largest absolute Gasteiger partial charge is 0.341 e. The Morgan fingerprint density at radius 3 is 2.70 bits per heavy atom. The van der Waals surface area contributed by atoms with Gasteiger partial charge in [-0.05, 0) is 32.6 Å². The van der Waals surface area contributed by atoms with Crippen molar-refractivity contribution in [2.75, 3.05) is 23.3 Å². The molecule has 3 heterocycles. The van der Waals surface area contributed by atoms with E-state index in [2.05, 4.69) is 30.0 Å². The van der Waals surface area contributed by atoms with Gasteiger partial charge in [0.1, 0.15) is 0 Å². The summed E-state index contributed by atoms with van der Waals surface area (Å²) in [5.41, 5.74) is 1.92. The van der Waals surface area contributed by atoms with Crippen molar-refractivity contribution >= 4 is 40.1 Å². The molecule has 1 saturated heterocycles. The van der Waals surface area contributed by atoms with E-state index in [0.29, 0.717) is 11.2 Å². The number of carbonyl (C=O) groups excluding carboxylic acids is 1. The summed E-state index contributed by atoms with van der Waals surface area (Å²) in [7, 11) is 0. The minimum Gasteiger partial charge on any atom is -0.341 e. The molecule has 0 radical (unpaired) electrons. The van der Waals surface area contributed by atoms with Crippen molar-refractivity contribution in [2.24, 2.45) is 0 Å². The predicted octanol–water partition coefficient (Wildman–Crippen LogP) is 4.46. The van der Waals surface area contributed by atoms with E-state index in [9.17, 15) is 4.79 Å². The van der Waals surface area contributed by atoms with Crippen molar-refractivity contribution in [1.29, 1.82) is 0 Å². The average Bonchev–Trinajstić information content (AvgIpc) is 3.14. The lowest BCUT2D eigenvalue weighted by Crippen LogP contribution is -2.24. The zero-order chi connectivity index (χ0) is 20.5. The van der Waals surface area contributed by atoms with Crippen LogP contribution in [0.5, 0.6) is 0 Å².